The third-order valence-corrected chi connectivity index (χ3v) is 2.78. The summed E-state index contributed by atoms with van der Waals surface area (Å²) in [5, 5.41) is 9.44. The maximum Gasteiger partial charge on any atom is 0.142 e. The molecule has 5 heteroatoms. The van der Waals surface area contributed by atoms with Gasteiger partial charge in [0.05, 0.1) is 17.3 Å². The van der Waals surface area contributed by atoms with E-state index in [0.29, 0.717) is 27.6 Å². The van der Waals surface area contributed by atoms with Crippen LogP contribution in [0, 0.1) is 17.1 Å². The van der Waals surface area contributed by atoms with Crippen molar-refractivity contribution >= 4 is 17.3 Å². The van der Waals surface area contributed by atoms with Crippen LogP contribution < -0.4 is 10.5 Å². The summed E-state index contributed by atoms with van der Waals surface area (Å²) >= 11 is 5.77. The Kier molecular flexibility index (Phi) is 3.88. The van der Waals surface area contributed by atoms with Gasteiger partial charge in [-0.3, -0.25) is 0 Å². The Morgan fingerprint density at radius 2 is 2.05 bits per heavy atom. The van der Waals surface area contributed by atoms with Gasteiger partial charge in [-0.2, -0.15) is 5.26 Å². The van der Waals surface area contributed by atoms with Crippen molar-refractivity contribution in [3.63, 3.8) is 0 Å². The van der Waals surface area contributed by atoms with Gasteiger partial charge in [0.25, 0.3) is 0 Å². The zero-order chi connectivity index (χ0) is 13.8. The van der Waals surface area contributed by atoms with Crippen LogP contribution in [0.25, 0.3) is 0 Å². The number of nitrogens with two attached hydrogens (primary N) is 1. The van der Waals surface area contributed by atoms with Crippen LogP contribution in [-0.2, 0) is 6.61 Å². The van der Waals surface area contributed by atoms with Crippen molar-refractivity contribution in [3.8, 4) is 11.8 Å². The smallest absolute Gasteiger partial charge is 0.142 e. The van der Waals surface area contributed by atoms with Crippen molar-refractivity contribution in [2.75, 3.05) is 5.73 Å². The van der Waals surface area contributed by atoms with Crippen molar-refractivity contribution in [1.82, 2.24) is 0 Å². The summed E-state index contributed by atoms with van der Waals surface area (Å²) < 4.78 is 18.6. The number of ether oxygens (including phenoxy) is 1. The van der Waals surface area contributed by atoms with Crippen molar-refractivity contribution in [3.05, 3.63) is 58.4 Å². The number of rotatable bonds is 3. The minimum Gasteiger partial charge on any atom is -0.487 e. The van der Waals surface area contributed by atoms with Crippen LogP contribution in [-0.4, -0.2) is 0 Å². The zero-order valence-electron chi connectivity index (χ0n) is 9.86. The van der Waals surface area contributed by atoms with Crippen molar-refractivity contribution in [2.24, 2.45) is 0 Å². The van der Waals surface area contributed by atoms with E-state index in [9.17, 15) is 4.39 Å². The van der Waals surface area contributed by atoms with E-state index >= 15 is 0 Å². The van der Waals surface area contributed by atoms with E-state index in [1.54, 1.807) is 18.2 Å². The topological polar surface area (TPSA) is 59.0 Å². The molecule has 0 aliphatic heterocycles. The van der Waals surface area contributed by atoms with Crippen LogP contribution in [0.15, 0.2) is 36.4 Å². The van der Waals surface area contributed by atoms with Crippen molar-refractivity contribution in [1.29, 1.82) is 5.26 Å². The molecule has 0 radical (unpaired) electrons. The molecule has 0 spiro atoms. The number of hydrogen-bond acceptors (Lipinski definition) is 3. The Morgan fingerprint density at radius 1 is 1.26 bits per heavy atom. The van der Waals surface area contributed by atoms with E-state index in [0.717, 1.165) is 0 Å². The summed E-state index contributed by atoms with van der Waals surface area (Å²) in [4.78, 5) is 0. The molecule has 2 aromatic rings. The minimum absolute atomic E-state index is 0.0620. The van der Waals surface area contributed by atoms with Crippen LogP contribution in [0.4, 0.5) is 10.1 Å². The number of nitrogens with zero attached hydrogens (tertiary/aromatic N) is 1. The summed E-state index contributed by atoms with van der Waals surface area (Å²) in [6, 6.07) is 10.7. The Hall–Kier alpha value is -2.25. The molecular formula is C14H10ClFN2O. The molecule has 0 bridgehead atoms. The predicted octanol–water partition coefficient (Wildman–Crippen LogP) is 3.51. The lowest BCUT2D eigenvalue weighted by atomic mass is 10.1. The predicted molar refractivity (Wildman–Crippen MR) is 71.3 cm³/mol. The lowest BCUT2D eigenvalue weighted by molar-refractivity contribution is 0.307. The first kappa shape index (κ1) is 13.2. The normalized spacial score (nSPS) is 9.95. The lowest BCUT2D eigenvalue weighted by Crippen LogP contribution is -2.01. The number of nitrogen functional groups attached to an aromatic ring is 1. The Labute approximate surface area is 115 Å². The molecule has 0 atom stereocenters. The standard InChI is InChI=1S/C14H10ClFN2O/c15-11-2-4-14(13(18)6-11)19-8-10-5-12(16)3-1-9(10)7-17/h1-6H,8,18H2. The van der Waals surface area contributed by atoms with Gasteiger partial charge in [-0.15, -0.1) is 0 Å². The quantitative estimate of drug-likeness (QED) is 0.873. The molecule has 0 aliphatic carbocycles. The van der Waals surface area contributed by atoms with E-state index in [1.165, 1.54) is 18.2 Å². The molecule has 19 heavy (non-hydrogen) atoms. The maximum absolute atomic E-state index is 13.1. The van der Waals surface area contributed by atoms with Gasteiger partial charge in [0.15, 0.2) is 0 Å². The first-order valence-electron chi connectivity index (χ1n) is 5.46. The average molecular weight is 277 g/mol. The fraction of sp³-hybridized carbons (Fsp3) is 0.0714. The van der Waals surface area contributed by atoms with Gasteiger partial charge in [-0.25, -0.2) is 4.39 Å². The Morgan fingerprint density at radius 3 is 2.74 bits per heavy atom. The first-order chi connectivity index (χ1) is 9.10. The SMILES string of the molecule is N#Cc1ccc(F)cc1COc1ccc(Cl)cc1N. The Balaban J connectivity index is 2.19. The highest BCUT2D eigenvalue weighted by atomic mass is 35.5. The minimum atomic E-state index is -0.415. The van der Waals surface area contributed by atoms with Gasteiger partial charge in [0.1, 0.15) is 18.2 Å². The fourth-order valence-corrected chi connectivity index (χ4v) is 1.78. The van der Waals surface area contributed by atoms with E-state index in [-0.39, 0.29) is 6.61 Å². The van der Waals surface area contributed by atoms with Crippen LogP contribution in [0.5, 0.6) is 5.75 Å². The van der Waals surface area contributed by atoms with Gasteiger partial charge in [0, 0.05) is 10.6 Å². The van der Waals surface area contributed by atoms with Gasteiger partial charge in [-0.05, 0) is 36.4 Å². The molecule has 0 saturated carbocycles. The number of nitriles is 1. The van der Waals surface area contributed by atoms with Crippen molar-refractivity contribution < 1.29 is 9.13 Å². The summed E-state index contributed by atoms with van der Waals surface area (Å²) in [6.07, 6.45) is 0. The summed E-state index contributed by atoms with van der Waals surface area (Å²) in [5.41, 5.74) is 6.97. The molecular weight excluding hydrogens is 267 g/mol. The van der Waals surface area contributed by atoms with E-state index in [1.807, 2.05) is 6.07 Å². The van der Waals surface area contributed by atoms with Crippen molar-refractivity contribution in [2.45, 2.75) is 6.61 Å². The monoisotopic (exact) mass is 276 g/mol. The summed E-state index contributed by atoms with van der Waals surface area (Å²) in [5.74, 6) is 0.0271. The molecule has 2 aromatic carbocycles. The molecule has 3 nitrogen and oxygen atoms in total. The Bertz CT molecular complexity index is 652. The lowest BCUT2D eigenvalue weighted by Gasteiger charge is -2.10. The van der Waals surface area contributed by atoms with Crippen LogP contribution >= 0.6 is 11.6 Å². The molecule has 0 saturated heterocycles. The maximum atomic E-state index is 13.1. The highest BCUT2D eigenvalue weighted by Crippen LogP contribution is 2.26. The highest BCUT2D eigenvalue weighted by molar-refractivity contribution is 6.30. The zero-order valence-corrected chi connectivity index (χ0v) is 10.6. The molecule has 0 unspecified atom stereocenters. The molecule has 0 fully saturated rings. The number of hydrogen-bond donors (Lipinski definition) is 1. The van der Waals surface area contributed by atoms with E-state index < -0.39 is 5.82 Å². The number of anilines is 1. The molecule has 2 N–H and O–H groups in total. The number of halogens is 2. The average Bonchev–Trinajstić information content (AvgIpc) is 2.38. The fourth-order valence-electron chi connectivity index (χ4n) is 1.60. The van der Waals surface area contributed by atoms with Crippen LogP contribution in [0.1, 0.15) is 11.1 Å². The van der Waals surface area contributed by atoms with Gasteiger partial charge in [0.2, 0.25) is 0 Å². The molecule has 96 valence electrons. The molecule has 0 aromatic heterocycles. The second-order valence-corrected chi connectivity index (χ2v) is 4.32. The van der Waals surface area contributed by atoms with Crippen LogP contribution in [0.3, 0.4) is 0 Å². The highest BCUT2D eigenvalue weighted by Gasteiger charge is 2.06. The van der Waals surface area contributed by atoms with Crippen LogP contribution in [0.2, 0.25) is 5.02 Å². The molecule has 0 heterocycles. The third kappa shape index (κ3) is 3.15. The first-order valence-corrected chi connectivity index (χ1v) is 5.84. The van der Waals surface area contributed by atoms with E-state index in [2.05, 4.69) is 0 Å². The second-order valence-electron chi connectivity index (χ2n) is 3.88. The third-order valence-electron chi connectivity index (χ3n) is 2.54. The molecule has 2 rings (SSSR count). The molecule has 0 amide bonds. The largest absolute Gasteiger partial charge is 0.487 e. The van der Waals surface area contributed by atoms with Gasteiger partial charge in [-0.1, -0.05) is 11.6 Å². The number of benzene rings is 2. The van der Waals surface area contributed by atoms with E-state index in [4.69, 9.17) is 27.3 Å². The summed E-state index contributed by atoms with van der Waals surface area (Å²) in [6.45, 7) is 0.0620. The van der Waals surface area contributed by atoms with Gasteiger partial charge >= 0.3 is 0 Å². The second kappa shape index (κ2) is 5.59. The molecule has 0 aliphatic rings. The summed E-state index contributed by atoms with van der Waals surface area (Å²) in [7, 11) is 0. The van der Waals surface area contributed by atoms with Gasteiger partial charge < -0.3 is 10.5 Å².